The van der Waals surface area contributed by atoms with Crippen LogP contribution in [0.15, 0.2) is 30.5 Å². The Hall–Kier alpha value is -1.79. The number of aromatic nitrogens is 1. The van der Waals surface area contributed by atoms with Gasteiger partial charge in [0.1, 0.15) is 15.7 Å². The minimum absolute atomic E-state index is 0.0484. The van der Waals surface area contributed by atoms with Gasteiger partial charge in [0.15, 0.2) is 0 Å². The Morgan fingerprint density at radius 2 is 1.95 bits per heavy atom. The fourth-order valence-electron chi connectivity index (χ4n) is 2.32. The second-order valence-corrected chi connectivity index (χ2v) is 6.09. The van der Waals surface area contributed by atoms with Crippen molar-refractivity contribution in [2.24, 2.45) is 0 Å². The van der Waals surface area contributed by atoms with Crippen molar-refractivity contribution in [2.75, 3.05) is 13.1 Å². The van der Waals surface area contributed by atoms with Crippen LogP contribution in [-0.2, 0) is 0 Å². The maximum atomic E-state index is 12.9. The van der Waals surface area contributed by atoms with E-state index in [0.29, 0.717) is 35.8 Å². The summed E-state index contributed by atoms with van der Waals surface area (Å²) < 4.78 is 12.9. The Balaban J connectivity index is 1.75. The van der Waals surface area contributed by atoms with Gasteiger partial charge >= 0.3 is 0 Å². The Morgan fingerprint density at radius 3 is 2.62 bits per heavy atom. The number of aliphatic hydroxyl groups is 1. The fraction of sp³-hybridized carbons (Fsp3) is 0.333. The molecule has 0 spiro atoms. The normalized spacial score (nSPS) is 16.2. The highest BCUT2D eigenvalue weighted by atomic mass is 32.1. The van der Waals surface area contributed by atoms with Crippen LogP contribution in [0.3, 0.4) is 0 Å². The van der Waals surface area contributed by atoms with Gasteiger partial charge in [0.05, 0.1) is 12.3 Å². The average Bonchev–Trinajstić information content (AvgIpc) is 2.98. The minimum atomic E-state index is -0.301. The Kier molecular flexibility index (Phi) is 3.98. The zero-order chi connectivity index (χ0) is 14.8. The van der Waals surface area contributed by atoms with E-state index in [-0.39, 0.29) is 17.8 Å². The van der Waals surface area contributed by atoms with E-state index in [1.54, 1.807) is 23.2 Å². The van der Waals surface area contributed by atoms with E-state index in [1.165, 1.54) is 23.5 Å². The third-order valence-corrected chi connectivity index (χ3v) is 4.59. The molecule has 1 fully saturated rings. The van der Waals surface area contributed by atoms with Crippen LogP contribution in [-0.4, -0.2) is 40.1 Å². The number of aliphatic hydroxyl groups excluding tert-OH is 1. The third-order valence-electron chi connectivity index (χ3n) is 3.56. The lowest BCUT2D eigenvalue weighted by atomic mass is 10.1. The number of hydrogen-bond donors (Lipinski definition) is 1. The number of thiazole rings is 1. The second-order valence-electron chi connectivity index (χ2n) is 5.06. The van der Waals surface area contributed by atoms with E-state index < -0.39 is 0 Å². The summed E-state index contributed by atoms with van der Waals surface area (Å²) in [7, 11) is 0. The van der Waals surface area contributed by atoms with Crippen molar-refractivity contribution in [3.05, 3.63) is 41.2 Å². The molecule has 0 saturated carbocycles. The van der Waals surface area contributed by atoms with Crippen LogP contribution in [0, 0.1) is 5.82 Å². The first-order chi connectivity index (χ1) is 10.1. The van der Waals surface area contributed by atoms with Crippen molar-refractivity contribution in [3.63, 3.8) is 0 Å². The van der Waals surface area contributed by atoms with Crippen LogP contribution in [0.2, 0.25) is 0 Å². The lowest BCUT2D eigenvalue weighted by Gasteiger charge is -2.29. The molecular formula is C15H15FN2O2S. The molecular weight excluding hydrogens is 291 g/mol. The van der Waals surface area contributed by atoms with Gasteiger partial charge in [-0.15, -0.1) is 11.3 Å². The smallest absolute Gasteiger partial charge is 0.265 e. The predicted molar refractivity (Wildman–Crippen MR) is 78.7 cm³/mol. The maximum Gasteiger partial charge on any atom is 0.265 e. The molecule has 0 atom stereocenters. The molecule has 2 aromatic rings. The summed E-state index contributed by atoms with van der Waals surface area (Å²) in [5.74, 6) is -0.341. The molecule has 4 nitrogen and oxygen atoms in total. The SMILES string of the molecule is O=C(c1cnc(-c2ccc(F)cc2)s1)N1CCC(O)CC1. The number of hydrogen-bond acceptors (Lipinski definition) is 4. The number of nitrogens with zero attached hydrogens (tertiary/aromatic N) is 2. The third kappa shape index (κ3) is 3.11. The highest BCUT2D eigenvalue weighted by molar-refractivity contribution is 7.16. The summed E-state index contributed by atoms with van der Waals surface area (Å²) in [4.78, 5) is 18.9. The molecule has 0 aliphatic carbocycles. The summed E-state index contributed by atoms with van der Waals surface area (Å²) >= 11 is 1.31. The van der Waals surface area contributed by atoms with Gasteiger partial charge in [0.25, 0.3) is 5.91 Å². The maximum absolute atomic E-state index is 12.9. The predicted octanol–water partition coefficient (Wildman–Crippen LogP) is 2.55. The largest absolute Gasteiger partial charge is 0.393 e. The zero-order valence-corrected chi connectivity index (χ0v) is 12.1. The number of halogens is 1. The van der Waals surface area contributed by atoms with Gasteiger partial charge in [-0.3, -0.25) is 4.79 Å². The quantitative estimate of drug-likeness (QED) is 0.927. The summed E-state index contributed by atoms with van der Waals surface area (Å²) in [5, 5.41) is 10.2. The summed E-state index contributed by atoms with van der Waals surface area (Å²) in [6, 6.07) is 6.06. The fourth-order valence-corrected chi connectivity index (χ4v) is 3.21. The van der Waals surface area contributed by atoms with Crippen molar-refractivity contribution in [1.82, 2.24) is 9.88 Å². The second kappa shape index (κ2) is 5.91. The lowest BCUT2D eigenvalue weighted by Crippen LogP contribution is -2.39. The molecule has 21 heavy (non-hydrogen) atoms. The van der Waals surface area contributed by atoms with Gasteiger partial charge in [-0.25, -0.2) is 9.37 Å². The molecule has 1 aromatic heterocycles. The molecule has 110 valence electrons. The topological polar surface area (TPSA) is 53.4 Å². The lowest BCUT2D eigenvalue weighted by molar-refractivity contribution is 0.0550. The van der Waals surface area contributed by atoms with Crippen LogP contribution >= 0.6 is 11.3 Å². The first kappa shape index (κ1) is 14.2. The average molecular weight is 306 g/mol. The Labute approximate surface area is 125 Å². The molecule has 0 bridgehead atoms. The van der Waals surface area contributed by atoms with E-state index in [4.69, 9.17) is 0 Å². The number of carbonyl (C=O) groups excluding carboxylic acids is 1. The van der Waals surface area contributed by atoms with Crippen LogP contribution in [0.1, 0.15) is 22.5 Å². The van der Waals surface area contributed by atoms with E-state index in [1.807, 2.05) is 0 Å². The standard InChI is InChI=1S/C15H15FN2O2S/c16-11-3-1-10(2-4-11)14-17-9-13(21-14)15(20)18-7-5-12(19)6-8-18/h1-4,9,12,19H,5-8H2. The Bertz CT molecular complexity index is 633. The number of piperidine rings is 1. The van der Waals surface area contributed by atoms with Gasteiger partial charge in [-0.05, 0) is 37.1 Å². The molecule has 2 heterocycles. The number of rotatable bonds is 2. The minimum Gasteiger partial charge on any atom is -0.393 e. The number of benzene rings is 1. The molecule has 1 amide bonds. The van der Waals surface area contributed by atoms with Crippen LogP contribution in [0.5, 0.6) is 0 Å². The van der Waals surface area contributed by atoms with Gasteiger partial charge in [-0.2, -0.15) is 0 Å². The van der Waals surface area contributed by atoms with Gasteiger partial charge < -0.3 is 10.0 Å². The Morgan fingerprint density at radius 1 is 1.29 bits per heavy atom. The molecule has 0 radical (unpaired) electrons. The highest BCUT2D eigenvalue weighted by Gasteiger charge is 2.23. The van der Waals surface area contributed by atoms with Gasteiger partial charge in [-0.1, -0.05) is 0 Å². The highest BCUT2D eigenvalue weighted by Crippen LogP contribution is 2.26. The van der Waals surface area contributed by atoms with Crippen molar-refractivity contribution in [1.29, 1.82) is 0 Å². The van der Waals surface area contributed by atoms with Gasteiger partial charge in [0.2, 0.25) is 0 Å². The van der Waals surface area contributed by atoms with E-state index in [2.05, 4.69) is 4.98 Å². The van der Waals surface area contributed by atoms with E-state index in [9.17, 15) is 14.3 Å². The van der Waals surface area contributed by atoms with Crippen molar-refractivity contribution >= 4 is 17.2 Å². The monoisotopic (exact) mass is 306 g/mol. The van der Waals surface area contributed by atoms with Crippen LogP contribution in [0.4, 0.5) is 4.39 Å². The first-order valence-corrected chi connectivity index (χ1v) is 7.64. The van der Waals surface area contributed by atoms with Crippen molar-refractivity contribution in [3.8, 4) is 10.6 Å². The molecule has 3 rings (SSSR count). The first-order valence-electron chi connectivity index (χ1n) is 6.82. The molecule has 6 heteroatoms. The van der Waals surface area contributed by atoms with Gasteiger partial charge in [0, 0.05) is 18.7 Å². The number of carbonyl (C=O) groups is 1. The van der Waals surface area contributed by atoms with Crippen LogP contribution < -0.4 is 0 Å². The van der Waals surface area contributed by atoms with Crippen molar-refractivity contribution < 1.29 is 14.3 Å². The number of likely N-dealkylation sites (tertiary alicyclic amines) is 1. The molecule has 1 N–H and O–H groups in total. The van der Waals surface area contributed by atoms with E-state index >= 15 is 0 Å². The van der Waals surface area contributed by atoms with Crippen LogP contribution in [0.25, 0.3) is 10.6 Å². The summed E-state index contributed by atoms with van der Waals surface area (Å²) in [5.41, 5.74) is 0.800. The summed E-state index contributed by atoms with van der Waals surface area (Å²) in [6.45, 7) is 1.15. The molecule has 1 aliphatic heterocycles. The van der Waals surface area contributed by atoms with Crippen molar-refractivity contribution in [2.45, 2.75) is 18.9 Å². The molecule has 1 saturated heterocycles. The van der Waals surface area contributed by atoms with E-state index in [0.717, 1.165) is 5.56 Å². The number of amides is 1. The molecule has 0 unspecified atom stereocenters. The zero-order valence-electron chi connectivity index (χ0n) is 11.3. The summed E-state index contributed by atoms with van der Waals surface area (Å²) in [6.07, 6.45) is 2.51. The molecule has 1 aromatic carbocycles. The molecule has 1 aliphatic rings.